The Labute approximate surface area is 89.2 Å². The Hall–Kier alpha value is -0.0500. The van der Waals surface area contributed by atoms with E-state index in [0.717, 1.165) is 32.1 Å². The van der Waals surface area contributed by atoms with Gasteiger partial charge in [-0.05, 0) is 12.8 Å². The summed E-state index contributed by atoms with van der Waals surface area (Å²) in [5.41, 5.74) is 0. The van der Waals surface area contributed by atoms with E-state index in [-0.39, 0.29) is 10.8 Å². The van der Waals surface area contributed by atoms with Crippen molar-refractivity contribution in [3.05, 3.63) is 0 Å². The Kier molecular flexibility index (Phi) is 8.51. The standard InChI is InChI=1S/C10H19BrO2/c1-3-5-6-8-13-10(12)9(11)7-4-2/h9H,3-8H2,1-2H3. The summed E-state index contributed by atoms with van der Waals surface area (Å²) in [4.78, 5) is 11.1. The highest BCUT2D eigenvalue weighted by atomic mass is 79.9. The van der Waals surface area contributed by atoms with Gasteiger partial charge in [-0.1, -0.05) is 49.0 Å². The van der Waals surface area contributed by atoms with E-state index in [1.54, 1.807) is 0 Å². The smallest absolute Gasteiger partial charge is 0.319 e. The number of hydrogen-bond donors (Lipinski definition) is 0. The van der Waals surface area contributed by atoms with Crippen LogP contribution in [0.3, 0.4) is 0 Å². The lowest BCUT2D eigenvalue weighted by Crippen LogP contribution is -2.17. The molecule has 0 rings (SSSR count). The summed E-state index contributed by atoms with van der Waals surface area (Å²) in [5.74, 6) is -0.113. The summed E-state index contributed by atoms with van der Waals surface area (Å²) in [6.07, 6.45) is 5.12. The molecule has 0 amide bonds. The molecule has 0 fully saturated rings. The monoisotopic (exact) mass is 250 g/mol. The lowest BCUT2D eigenvalue weighted by atomic mass is 10.2. The van der Waals surface area contributed by atoms with Crippen molar-refractivity contribution in [3.8, 4) is 0 Å². The summed E-state index contributed by atoms with van der Waals surface area (Å²) in [7, 11) is 0. The molecule has 2 nitrogen and oxygen atoms in total. The van der Waals surface area contributed by atoms with Crippen LogP contribution in [0.15, 0.2) is 0 Å². The molecule has 1 atom stereocenters. The Balaban J connectivity index is 3.38. The van der Waals surface area contributed by atoms with E-state index in [9.17, 15) is 4.79 Å². The van der Waals surface area contributed by atoms with Crippen molar-refractivity contribution in [2.45, 2.75) is 50.8 Å². The minimum Gasteiger partial charge on any atom is -0.465 e. The quantitative estimate of drug-likeness (QED) is 0.394. The minimum absolute atomic E-state index is 0.112. The number of unbranched alkanes of at least 4 members (excludes halogenated alkanes) is 2. The fraction of sp³-hybridized carbons (Fsp3) is 0.900. The Morgan fingerprint density at radius 3 is 2.54 bits per heavy atom. The zero-order valence-electron chi connectivity index (χ0n) is 8.51. The first-order valence-corrected chi connectivity index (χ1v) is 5.94. The molecule has 0 aliphatic heterocycles. The molecule has 13 heavy (non-hydrogen) atoms. The van der Waals surface area contributed by atoms with Crippen LogP contribution in [0.5, 0.6) is 0 Å². The number of ether oxygens (including phenoxy) is 1. The van der Waals surface area contributed by atoms with Crippen LogP contribution in [0.2, 0.25) is 0 Å². The Bertz CT molecular complexity index is 137. The number of halogens is 1. The number of carbonyl (C=O) groups is 1. The average Bonchev–Trinajstić information content (AvgIpc) is 2.12. The van der Waals surface area contributed by atoms with Crippen LogP contribution in [-0.4, -0.2) is 17.4 Å². The molecule has 0 aromatic carbocycles. The predicted octanol–water partition coefficient (Wildman–Crippen LogP) is 3.28. The molecular formula is C10H19BrO2. The van der Waals surface area contributed by atoms with Gasteiger partial charge in [0.15, 0.2) is 0 Å². The summed E-state index contributed by atoms with van der Waals surface area (Å²) in [5, 5.41) is 0. The first-order valence-electron chi connectivity index (χ1n) is 5.03. The van der Waals surface area contributed by atoms with E-state index in [1.807, 2.05) is 0 Å². The van der Waals surface area contributed by atoms with Gasteiger partial charge < -0.3 is 4.74 Å². The second-order valence-corrected chi connectivity index (χ2v) is 4.24. The molecule has 3 heteroatoms. The minimum atomic E-state index is -0.113. The van der Waals surface area contributed by atoms with Gasteiger partial charge in [-0.25, -0.2) is 0 Å². The molecule has 0 radical (unpaired) electrons. The van der Waals surface area contributed by atoms with Crippen LogP contribution in [0.1, 0.15) is 46.0 Å². The highest BCUT2D eigenvalue weighted by Gasteiger charge is 2.14. The van der Waals surface area contributed by atoms with Gasteiger partial charge in [-0.15, -0.1) is 0 Å². The number of hydrogen-bond acceptors (Lipinski definition) is 2. The number of esters is 1. The van der Waals surface area contributed by atoms with Crippen molar-refractivity contribution in [3.63, 3.8) is 0 Å². The second-order valence-electron chi connectivity index (χ2n) is 3.13. The maximum absolute atomic E-state index is 11.2. The van der Waals surface area contributed by atoms with E-state index in [0.29, 0.717) is 6.61 Å². The van der Waals surface area contributed by atoms with E-state index in [1.165, 1.54) is 0 Å². The van der Waals surface area contributed by atoms with Gasteiger partial charge in [0.2, 0.25) is 0 Å². The van der Waals surface area contributed by atoms with Crippen molar-refractivity contribution >= 4 is 21.9 Å². The van der Waals surface area contributed by atoms with E-state index in [4.69, 9.17) is 4.74 Å². The van der Waals surface area contributed by atoms with Crippen LogP contribution < -0.4 is 0 Å². The van der Waals surface area contributed by atoms with Crippen LogP contribution in [0.4, 0.5) is 0 Å². The van der Waals surface area contributed by atoms with Gasteiger partial charge in [0.05, 0.1) is 6.61 Å². The fourth-order valence-corrected chi connectivity index (χ4v) is 1.58. The average molecular weight is 251 g/mol. The predicted molar refractivity (Wildman–Crippen MR) is 58.1 cm³/mol. The van der Waals surface area contributed by atoms with E-state index >= 15 is 0 Å². The molecule has 78 valence electrons. The van der Waals surface area contributed by atoms with Crippen molar-refractivity contribution in [1.29, 1.82) is 0 Å². The van der Waals surface area contributed by atoms with Crippen molar-refractivity contribution in [1.82, 2.24) is 0 Å². The fourth-order valence-electron chi connectivity index (χ4n) is 0.987. The third kappa shape index (κ3) is 7.05. The highest BCUT2D eigenvalue weighted by Crippen LogP contribution is 2.10. The molecule has 0 N–H and O–H groups in total. The van der Waals surface area contributed by atoms with Gasteiger partial charge in [-0.2, -0.15) is 0 Å². The zero-order chi connectivity index (χ0) is 10.1. The van der Waals surface area contributed by atoms with Gasteiger partial charge in [0, 0.05) is 0 Å². The van der Waals surface area contributed by atoms with E-state index < -0.39 is 0 Å². The first kappa shape index (κ1) is 12.9. The van der Waals surface area contributed by atoms with Crippen LogP contribution in [0, 0.1) is 0 Å². The summed E-state index contributed by atoms with van der Waals surface area (Å²) in [6.45, 7) is 4.75. The Morgan fingerprint density at radius 2 is 2.00 bits per heavy atom. The normalized spacial score (nSPS) is 12.5. The van der Waals surface area contributed by atoms with Crippen molar-refractivity contribution in [2.24, 2.45) is 0 Å². The van der Waals surface area contributed by atoms with Gasteiger partial charge in [-0.3, -0.25) is 4.79 Å². The molecule has 1 unspecified atom stereocenters. The lowest BCUT2D eigenvalue weighted by Gasteiger charge is -2.08. The summed E-state index contributed by atoms with van der Waals surface area (Å²) in [6, 6.07) is 0. The van der Waals surface area contributed by atoms with Crippen LogP contribution in [0.25, 0.3) is 0 Å². The molecule has 0 saturated heterocycles. The molecule has 0 spiro atoms. The maximum atomic E-state index is 11.2. The number of alkyl halides is 1. The second kappa shape index (κ2) is 8.54. The molecule has 0 aliphatic carbocycles. The highest BCUT2D eigenvalue weighted by molar-refractivity contribution is 9.10. The number of carbonyl (C=O) groups excluding carboxylic acids is 1. The molecule has 0 aromatic heterocycles. The largest absolute Gasteiger partial charge is 0.465 e. The maximum Gasteiger partial charge on any atom is 0.319 e. The van der Waals surface area contributed by atoms with Crippen LogP contribution >= 0.6 is 15.9 Å². The third-order valence-electron chi connectivity index (χ3n) is 1.79. The van der Waals surface area contributed by atoms with E-state index in [2.05, 4.69) is 29.8 Å². The van der Waals surface area contributed by atoms with Crippen molar-refractivity contribution in [2.75, 3.05) is 6.61 Å². The molecule has 0 heterocycles. The molecular weight excluding hydrogens is 232 g/mol. The molecule has 0 saturated carbocycles. The first-order chi connectivity index (χ1) is 6.22. The molecule has 0 aromatic rings. The van der Waals surface area contributed by atoms with Gasteiger partial charge >= 0.3 is 5.97 Å². The topological polar surface area (TPSA) is 26.3 Å². The molecule has 0 aliphatic rings. The summed E-state index contributed by atoms with van der Waals surface area (Å²) < 4.78 is 5.07. The summed E-state index contributed by atoms with van der Waals surface area (Å²) >= 11 is 3.30. The van der Waals surface area contributed by atoms with Gasteiger partial charge in [0.25, 0.3) is 0 Å². The van der Waals surface area contributed by atoms with Gasteiger partial charge in [0.1, 0.15) is 4.83 Å². The van der Waals surface area contributed by atoms with Crippen LogP contribution in [-0.2, 0) is 9.53 Å². The molecule has 0 bridgehead atoms. The number of rotatable bonds is 7. The van der Waals surface area contributed by atoms with Crippen molar-refractivity contribution < 1.29 is 9.53 Å². The zero-order valence-corrected chi connectivity index (χ0v) is 10.1. The SMILES string of the molecule is CCCCCOC(=O)C(Br)CCC. The third-order valence-corrected chi connectivity index (χ3v) is 2.62. The Morgan fingerprint density at radius 1 is 1.31 bits per heavy atom. The lowest BCUT2D eigenvalue weighted by molar-refractivity contribution is -0.143.